The number of carbonyl (C=O) groups excluding carboxylic acids is 1. The number of hydrogen-bond acceptors (Lipinski definition) is 7. The summed E-state index contributed by atoms with van der Waals surface area (Å²) in [5, 5.41) is 5.78. The summed E-state index contributed by atoms with van der Waals surface area (Å²) >= 11 is 0. The normalized spacial score (nSPS) is 14.4. The highest BCUT2D eigenvalue weighted by atomic mass is 19.4. The lowest BCUT2D eigenvalue weighted by molar-refractivity contribution is -0.137. The summed E-state index contributed by atoms with van der Waals surface area (Å²) in [4.78, 5) is 27.4. The summed E-state index contributed by atoms with van der Waals surface area (Å²) in [7, 11) is 0. The molecule has 1 saturated heterocycles. The van der Waals surface area contributed by atoms with Crippen LogP contribution in [0.25, 0.3) is 28.1 Å². The molecule has 1 aliphatic heterocycles. The van der Waals surface area contributed by atoms with E-state index in [0.29, 0.717) is 60.1 Å². The van der Waals surface area contributed by atoms with Gasteiger partial charge in [-0.2, -0.15) is 13.2 Å². The van der Waals surface area contributed by atoms with Crippen molar-refractivity contribution in [1.82, 2.24) is 24.8 Å². The average molecular weight is 554 g/mol. The van der Waals surface area contributed by atoms with Crippen LogP contribution < -0.4 is 15.5 Å². The minimum atomic E-state index is -4.53. The lowest BCUT2D eigenvalue weighted by Crippen LogP contribution is -2.44. The molecule has 9 nitrogen and oxygen atoms in total. The number of fused-ring (bicyclic) bond motifs is 1. The number of benzene rings is 1. The van der Waals surface area contributed by atoms with Gasteiger partial charge in [0.25, 0.3) is 0 Å². The first-order chi connectivity index (χ1) is 18.9. The molecule has 210 valence electrons. The van der Waals surface area contributed by atoms with Gasteiger partial charge in [0.2, 0.25) is 0 Å². The number of nitrogens with one attached hydrogen (secondary N) is 2. The molecule has 4 aromatic rings. The van der Waals surface area contributed by atoms with E-state index < -0.39 is 23.4 Å². The molecule has 0 spiro atoms. The van der Waals surface area contributed by atoms with Crippen molar-refractivity contribution in [3.63, 3.8) is 0 Å². The van der Waals surface area contributed by atoms with Gasteiger partial charge in [0.15, 0.2) is 5.65 Å². The molecule has 1 aliphatic rings. The molecule has 40 heavy (non-hydrogen) atoms. The predicted octanol–water partition coefficient (Wildman–Crippen LogP) is 5.57. The third kappa shape index (κ3) is 5.86. The molecule has 0 radical (unpaired) electrons. The van der Waals surface area contributed by atoms with E-state index in [1.807, 2.05) is 0 Å². The Kier molecular flexibility index (Phi) is 7.13. The van der Waals surface area contributed by atoms with Crippen molar-refractivity contribution in [1.29, 1.82) is 0 Å². The Morgan fingerprint density at radius 2 is 1.77 bits per heavy atom. The van der Waals surface area contributed by atoms with E-state index in [2.05, 4.69) is 20.6 Å². The number of aryl methyl sites for hydroxylation is 1. The number of alkyl halides is 3. The number of carbonyl (C=O) groups is 1. The molecule has 3 aromatic heterocycles. The van der Waals surface area contributed by atoms with Crippen LogP contribution in [0.2, 0.25) is 0 Å². The van der Waals surface area contributed by atoms with Crippen molar-refractivity contribution in [3.8, 4) is 16.9 Å². The van der Waals surface area contributed by atoms with Gasteiger partial charge in [-0.3, -0.25) is 9.88 Å². The van der Waals surface area contributed by atoms with Crippen molar-refractivity contribution in [3.05, 3.63) is 60.0 Å². The SMILES string of the molecule is Cc1nc2ccc(-c3ccnc(NC(=O)OC(C)(C)C)c3)nc2n1-c1ccc(N2CCNCC2)c(C(F)(F)F)c1. The molecule has 0 bridgehead atoms. The largest absolute Gasteiger partial charge is 0.444 e. The molecule has 5 rings (SSSR count). The van der Waals surface area contributed by atoms with Gasteiger partial charge in [-0.1, -0.05) is 0 Å². The van der Waals surface area contributed by atoms with Gasteiger partial charge in [0.05, 0.1) is 11.3 Å². The van der Waals surface area contributed by atoms with Gasteiger partial charge in [-0.15, -0.1) is 0 Å². The van der Waals surface area contributed by atoms with Gasteiger partial charge in [-0.25, -0.2) is 19.7 Å². The number of hydrogen-bond donors (Lipinski definition) is 2. The Labute approximate surface area is 229 Å². The predicted molar refractivity (Wildman–Crippen MR) is 147 cm³/mol. The molecular weight excluding hydrogens is 523 g/mol. The summed E-state index contributed by atoms with van der Waals surface area (Å²) < 4.78 is 49.6. The van der Waals surface area contributed by atoms with E-state index in [9.17, 15) is 18.0 Å². The van der Waals surface area contributed by atoms with Crippen molar-refractivity contribution in [2.24, 2.45) is 0 Å². The van der Waals surface area contributed by atoms with Crippen molar-refractivity contribution in [2.75, 3.05) is 36.4 Å². The topological polar surface area (TPSA) is 97.2 Å². The summed E-state index contributed by atoms with van der Waals surface area (Å²) in [5.74, 6) is 0.779. The minimum Gasteiger partial charge on any atom is -0.444 e. The monoisotopic (exact) mass is 553 g/mol. The average Bonchev–Trinajstić information content (AvgIpc) is 3.22. The van der Waals surface area contributed by atoms with Crippen LogP contribution in [0, 0.1) is 6.92 Å². The van der Waals surface area contributed by atoms with E-state index in [-0.39, 0.29) is 11.5 Å². The molecular formula is C28H30F3N7O2. The van der Waals surface area contributed by atoms with Gasteiger partial charge in [0, 0.05) is 49.3 Å². The summed E-state index contributed by atoms with van der Waals surface area (Å²) in [5.41, 5.74) is 1.26. The first kappa shape index (κ1) is 27.4. The lowest BCUT2D eigenvalue weighted by Gasteiger charge is -2.31. The third-order valence-corrected chi connectivity index (χ3v) is 6.36. The summed E-state index contributed by atoms with van der Waals surface area (Å²) in [6.45, 7) is 9.26. The van der Waals surface area contributed by atoms with Gasteiger partial charge in [0.1, 0.15) is 22.8 Å². The number of imidazole rings is 1. The molecule has 0 unspecified atom stereocenters. The molecule has 0 atom stereocenters. The highest BCUT2D eigenvalue weighted by molar-refractivity contribution is 5.85. The Bertz CT molecular complexity index is 1550. The van der Waals surface area contributed by atoms with Crippen LogP contribution in [-0.4, -0.2) is 57.4 Å². The maximum atomic E-state index is 14.2. The van der Waals surface area contributed by atoms with Crippen LogP contribution in [0.3, 0.4) is 0 Å². The summed E-state index contributed by atoms with van der Waals surface area (Å²) in [6, 6.07) is 11.3. The van der Waals surface area contributed by atoms with E-state index in [0.717, 1.165) is 6.07 Å². The van der Waals surface area contributed by atoms with Crippen molar-refractivity contribution >= 4 is 28.8 Å². The zero-order chi connectivity index (χ0) is 28.7. The number of ether oxygens (including phenoxy) is 1. The van der Waals surface area contributed by atoms with Crippen LogP contribution in [0.15, 0.2) is 48.7 Å². The second-order valence-electron chi connectivity index (χ2n) is 10.5. The summed E-state index contributed by atoms with van der Waals surface area (Å²) in [6.07, 6.45) is -3.65. The molecule has 1 amide bonds. The number of aromatic nitrogens is 4. The van der Waals surface area contributed by atoms with E-state index in [1.165, 1.54) is 12.3 Å². The van der Waals surface area contributed by atoms with Crippen LogP contribution in [0.5, 0.6) is 0 Å². The van der Waals surface area contributed by atoms with Crippen molar-refractivity contribution in [2.45, 2.75) is 39.5 Å². The Morgan fingerprint density at radius 1 is 1.02 bits per heavy atom. The van der Waals surface area contributed by atoms with Gasteiger partial charge < -0.3 is 15.0 Å². The Morgan fingerprint density at radius 3 is 2.48 bits per heavy atom. The fourth-order valence-corrected chi connectivity index (χ4v) is 4.68. The van der Waals surface area contributed by atoms with Gasteiger partial charge >= 0.3 is 12.3 Å². The second-order valence-corrected chi connectivity index (χ2v) is 10.5. The Balaban J connectivity index is 1.53. The zero-order valence-corrected chi connectivity index (χ0v) is 22.6. The number of pyridine rings is 2. The standard InChI is InChI=1S/C28H30F3N7O2/c1-17-34-22-7-6-21(18-9-10-33-24(15-18)36-26(39)40-27(2,3)4)35-25(22)38(17)19-5-8-23(20(16-19)28(29,30)31)37-13-11-32-12-14-37/h5-10,15-16,32H,11-14H2,1-4H3,(H,33,36,39). The quantitative estimate of drug-likeness (QED) is 0.341. The molecule has 0 aliphatic carbocycles. The highest BCUT2D eigenvalue weighted by Crippen LogP contribution is 2.39. The minimum absolute atomic E-state index is 0.162. The fraction of sp³-hybridized carbons (Fsp3) is 0.357. The number of nitrogens with zero attached hydrogens (tertiary/aromatic N) is 5. The number of piperazine rings is 1. The van der Waals surface area contributed by atoms with E-state index in [4.69, 9.17) is 9.72 Å². The van der Waals surface area contributed by atoms with Crippen LogP contribution in [-0.2, 0) is 10.9 Å². The molecule has 0 saturated carbocycles. The zero-order valence-electron chi connectivity index (χ0n) is 22.6. The second kappa shape index (κ2) is 10.4. The first-order valence-corrected chi connectivity index (χ1v) is 12.9. The third-order valence-electron chi connectivity index (χ3n) is 6.36. The molecule has 2 N–H and O–H groups in total. The number of anilines is 2. The molecule has 1 aromatic carbocycles. The smallest absolute Gasteiger partial charge is 0.418 e. The fourth-order valence-electron chi connectivity index (χ4n) is 4.68. The van der Waals surface area contributed by atoms with E-state index in [1.54, 1.807) is 67.5 Å². The highest BCUT2D eigenvalue weighted by Gasteiger charge is 2.36. The molecule has 12 heteroatoms. The Hall–Kier alpha value is -4.19. The maximum Gasteiger partial charge on any atom is 0.418 e. The number of amides is 1. The number of halogens is 3. The number of rotatable bonds is 4. The molecule has 1 fully saturated rings. The lowest BCUT2D eigenvalue weighted by atomic mass is 10.1. The van der Waals surface area contributed by atoms with Crippen LogP contribution in [0.1, 0.15) is 32.2 Å². The van der Waals surface area contributed by atoms with Crippen LogP contribution in [0.4, 0.5) is 29.5 Å². The van der Waals surface area contributed by atoms with Gasteiger partial charge in [-0.05, 0) is 70.2 Å². The van der Waals surface area contributed by atoms with Crippen molar-refractivity contribution < 1.29 is 22.7 Å². The molecule has 4 heterocycles. The van der Waals surface area contributed by atoms with E-state index >= 15 is 0 Å². The van der Waals surface area contributed by atoms with Crippen LogP contribution >= 0.6 is 0 Å². The first-order valence-electron chi connectivity index (χ1n) is 12.9. The maximum absolute atomic E-state index is 14.2.